The van der Waals surface area contributed by atoms with Crippen LogP contribution >= 0.6 is 0 Å². The van der Waals surface area contributed by atoms with E-state index in [1.807, 2.05) is 41.1 Å². The number of likely N-dealkylation sites (N-methyl/N-ethyl adjacent to an activating group) is 1. The van der Waals surface area contributed by atoms with E-state index in [1.54, 1.807) is 19.2 Å². The van der Waals surface area contributed by atoms with Crippen molar-refractivity contribution < 1.29 is 27.5 Å². The van der Waals surface area contributed by atoms with E-state index in [9.17, 15) is 22.8 Å². The molecule has 0 aliphatic carbocycles. The number of amides is 2. The van der Waals surface area contributed by atoms with Crippen molar-refractivity contribution in [2.24, 2.45) is 0 Å². The van der Waals surface area contributed by atoms with Gasteiger partial charge in [0.15, 0.2) is 12.4 Å². The van der Waals surface area contributed by atoms with Crippen molar-refractivity contribution in [3.63, 3.8) is 0 Å². The molecule has 0 bridgehead atoms. The molecule has 0 unspecified atom stereocenters. The van der Waals surface area contributed by atoms with Crippen molar-refractivity contribution in [1.29, 1.82) is 0 Å². The fourth-order valence-electron chi connectivity index (χ4n) is 4.01. The van der Waals surface area contributed by atoms with Gasteiger partial charge >= 0.3 is 0 Å². The number of H-pyrrole nitrogens is 1. The molecule has 0 spiro atoms. The number of hydrogen-bond donors (Lipinski definition) is 4. The molecule has 2 aromatic carbocycles. The van der Waals surface area contributed by atoms with E-state index < -0.39 is 22.5 Å². The number of aromatic nitrogens is 4. The molecule has 4 N–H and O–H groups in total. The van der Waals surface area contributed by atoms with Gasteiger partial charge in [-0.05, 0) is 73.3 Å². The van der Waals surface area contributed by atoms with Gasteiger partial charge in [0.05, 0.1) is 11.8 Å². The Morgan fingerprint density at radius 1 is 0.927 bits per heavy atom. The summed E-state index contributed by atoms with van der Waals surface area (Å²) in [6.07, 6.45) is 2.26. The number of benzene rings is 2. The number of tetrazole rings is 1. The maximum atomic E-state index is 12.2. The average Bonchev–Trinajstić information content (AvgIpc) is 3.49. The van der Waals surface area contributed by atoms with E-state index in [2.05, 4.69) is 31.3 Å². The standard InChI is InChI=1S/C27H35N7O6S/c1-19(35)24(28-2)6-3-4-16-29-25(36)7-5-17-41(38,39)32-26(37)18-40-23-14-12-21(13-15-23)20-8-10-22(11-9-20)27-30-33-34-31-27/h8-15,24,28H,3-7,16-18H2,1-2H3,(H,29,36)(H,32,37)(H,30,31,33,34)/t24-/m0/s1. The van der Waals surface area contributed by atoms with Gasteiger partial charge in [-0.3, -0.25) is 19.1 Å². The second kappa shape index (κ2) is 15.6. The zero-order valence-corrected chi connectivity index (χ0v) is 23.9. The first-order chi connectivity index (χ1) is 19.7. The molecule has 1 heterocycles. The van der Waals surface area contributed by atoms with Gasteiger partial charge in [-0.1, -0.05) is 36.4 Å². The smallest absolute Gasteiger partial charge is 0.271 e. The minimum Gasteiger partial charge on any atom is -0.484 e. The quantitative estimate of drug-likeness (QED) is 0.170. The van der Waals surface area contributed by atoms with Crippen LogP contribution in [0.4, 0.5) is 0 Å². The first-order valence-corrected chi connectivity index (χ1v) is 14.9. The Balaban J connectivity index is 1.32. The third-order valence-electron chi connectivity index (χ3n) is 6.23. The number of Topliss-reactive ketones (excluding diaryl/α,β-unsaturated/α-hetero) is 1. The highest BCUT2D eigenvalue weighted by Gasteiger charge is 2.16. The van der Waals surface area contributed by atoms with Gasteiger partial charge in [-0.2, -0.15) is 0 Å². The maximum absolute atomic E-state index is 12.2. The minimum atomic E-state index is -3.91. The number of rotatable bonds is 17. The van der Waals surface area contributed by atoms with E-state index >= 15 is 0 Å². The molecular formula is C27H35N7O6S. The number of aromatic amines is 1. The van der Waals surface area contributed by atoms with Gasteiger partial charge < -0.3 is 15.4 Å². The summed E-state index contributed by atoms with van der Waals surface area (Å²) in [5.41, 5.74) is 2.73. The number of ether oxygens (including phenoxy) is 1. The predicted molar refractivity (Wildman–Crippen MR) is 152 cm³/mol. The number of hydrogen-bond acceptors (Lipinski definition) is 10. The van der Waals surface area contributed by atoms with Gasteiger partial charge in [0, 0.05) is 18.5 Å². The SMILES string of the molecule is CN[C@@H](CCCCNC(=O)CCCS(=O)(=O)NC(=O)COc1ccc(-c2ccc(-c3nnn[nH]3)cc2)cc1)C(C)=O. The first kappa shape index (κ1) is 31.4. The van der Waals surface area contributed by atoms with Crippen LogP contribution in [0.5, 0.6) is 5.75 Å². The van der Waals surface area contributed by atoms with Crippen molar-refractivity contribution >= 4 is 27.6 Å². The Morgan fingerprint density at radius 2 is 1.59 bits per heavy atom. The third-order valence-corrected chi connectivity index (χ3v) is 7.59. The van der Waals surface area contributed by atoms with Crippen LogP contribution in [0.1, 0.15) is 39.0 Å². The molecular weight excluding hydrogens is 550 g/mol. The Bertz CT molecular complexity index is 1380. The largest absolute Gasteiger partial charge is 0.484 e. The topological polar surface area (TPSA) is 185 Å². The van der Waals surface area contributed by atoms with E-state index in [4.69, 9.17) is 4.74 Å². The number of carbonyl (C=O) groups is 3. The fourth-order valence-corrected chi connectivity index (χ4v) is 5.04. The molecule has 3 aromatic rings. The summed E-state index contributed by atoms with van der Waals surface area (Å²) in [4.78, 5) is 35.5. The molecule has 13 nitrogen and oxygen atoms in total. The molecule has 220 valence electrons. The number of ketones is 1. The Morgan fingerprint density at radius 3 is 2.20 bits per heavy atom. The van der Waals surface area contributed by atoms with E-state index in [0.29, 0.717) is 31.0 Å². The Kier molecular flexibility index (Phi) is 11.9. The van der Waals surface area contributed by atoms with Crippen LogP contribution in [0.15, 0.2) is 48.5 Å². The summed E-state index contributed by atoms with van der Waals surface area (Å²) in [7, 11) is -2.17. The van der Waals surface area contributed by atoms with Crippen molar-refractivity contribution in [2.45, 2.75) is 45.1 Å². The normalized spacial score (nSPS) is 12.0. The van der Waals surface area contributed by atoms with E-state index in [0.717, 1.165) is 23.1 Å². The van der Waals surface area contributed by atoms with Gasteiger partial charge in [0.25, 0.3) is 5.91 Å². The van der Waals surface area contributed by atoms with Crippen LogP contribution in [-0.2, 0) is 24.4 Å². The molecule has 1 aromatic heterocycles. The molecule has 0 aliphatic heterocycles. The summed E-state index contributed by atoms with van der Waals surface area (Å²) in [5, 5.41) is 19.4. The Hall–Kier alpha value is -4.17. The molecule has 1 atom stereocenters. The van der Waals surface area contributed by atoms with Crippen LogP contribution in [0.3, 0.4) is 0 Å². The van der Waals surface area contributed by atoms with Crippen LogP contribution in [0, 0.1) is 0 Å². The summed E-state index contributed by atoms with van der Waals surface area (Å²) in [6, 6.07) is 14.5. The van der Waals surface area contributed by atoms with E-state index in [1.165, 1.54) is 6.92 Å². The van der Waals surface area contributed by atoms with Crippen LogP contribution in [0.25, 0.3) is 22.5 Å². The minimum absolute atomic E-state index is 0.0184. The number of sulfonamides is 1. The zero-order chi connectivity index (χ0) is 29.7. The molecule has 0 saturated heterocycles. The number of nitrogens with zero attached hydrogens (tertiary/aromatic N) is 3. The fraction of sp³-hybridized carbons (Fsp3) is 0.407. The summed E-state index contributed by atoms with van der Waals surface area (Å²) < 4.78 is 31.8. The number of carbonyl (C=O) groups excluding carboxylic acids is 3. The molecule has 2 amide bonds. The van der Waals surface area contributed by atoms with Crippen LogP contribution in [0.2, 0.25) is 0 Å². The van der Waals surface area contributed by atoms with Crippen LogP contribution in [-0.4, -0.2) is 78.6 Å². The lowest BCUT2D eigenvalue weighted by molar-refractivity contribution is -0.121. The highest BCUT2D eigenvalue weighted by molar-refractivity contribution is 7.90. The lowest BCUT2D eigenvalue weighted by Crippen LogP contribution is -2.36. The van der Waals surface area contributed by atoms with Crippen LogP contribution < -0.4 is 20.1 Å². The molecule has 0 saturated carbocycles. The molecule has 0 fully saturated rings. The van der Waals surface area contributed by atoms with Crippen molar-refractivity contribution in [3.05, 3.63) is 48.5 Å². The number of unbranched alkanes of at least 4 members (excludes halogenated alkanes) is 1. The molecule has 0 aliphatic rings. The van der Waals surface area contributed by atoms with Gasteiger partial charge in [-0.25, -0.2) is 13.5 Å². The molecule has 14 heteroatoms. The first-order valence-electron chi connectivity index (χ1n) is 13.2. The Labute approximate surface area is 238 Å². The summed E-state index contributed by atoms with van der Waals surface area (Å²) in [6.45, 7) is 1.51. The zero-order valence-electron chi connectivity index (χ0n) is 23.1. The predicted octanol–water partition coefficient (Wildman–Crippen LogP) is 1.60. The monoisotopic (exact) mass is 585 g/mol. The lowest BCUT2D eigenvalue weighted by atomic mass is 10.0. The van der Waals surface area contributed by atoms with Crippen molar-refractivity contribution in [3.8, 4) is 28.3 Å². The molecule has 41 heavy (non-hydrogen) atoms. The summed E-state index contributed by atoms with van der Waals surface area (Å²) in [5.74, 6) is -0.384. The van der Waals surface area contributed by atoms with Crippen molar-refractivity contribution in [2.75, 3.05) is 26.0 Å². The second-order valence-electron chi connectivity index (χ2n) is 9.39. The summed E-state index contributed by atoms with van der Waals surface area (Å²) >= 11 is 0. The molecule has 3 rings (SSSR count). The number of nitrogens with one attached hydrogen (secondary N) is 4. The third kappa shape index (κ3) is 10.7. The van der Waals surface area contributed by atoms with Gasteiger partial charge in [0.2, 0.25) is 15.9 Å². The van der Waals surface area contributed by atoms with Crippen molar-refractivity contribution in [1.82, 2.24) is 36.0 Å². The van der Waals surface area contributed by atoms with E-state index in [-0.39, 0.29) is 36.3 Å². The van der Waals surface area contributed by atoms with Gasteiger partial charge in [0.1, 0.15) is 11.5 Å². The second-order valence-corrected chi connectivity index (χ2v) is 11.2. The average molecular weight is 586 g/mol. The molecule has 0 radical (unpaired) electrons. The highest BCUT2D eigenvalue weighted by Crippen LogP contribution is 2.24. The maximum Gasteiger partial charge on any atom is 0.271 e. The van der Waals surface area contributed by atoms with Gasteiger partial charge in [-0.15, -0.1) is 5.10 Å². The lowest BCUT2D eigenvalue weighted by Gasteiger charge is -2.12. The highest BCUT2D eigenvalue weighted by atomic mass is 32.2.